The first kappa shape index (κ1) is 15.0. The summed E-state index contributed by atoms with van der Waals surface area (Å²) < 4.78 is 27.4. The highest BCUT2D eigenvalue weighted by Crippen LogP contribution is 2.24. The van der Waals surface area contributed by atoms with E-state index in [1.807, 2.05) is 5.32 Å². The molecule has 2 aromatic rings. The Morgan fingerprint density at radius 1 is 1.14 bits per heavy atom. The second-order valence-electron chi connectivity index (χ2n) is 3.91. The van der Waals surface area contributed by atoms with Crippen molar-refractivity contribution in [3.05, 3.63) is 57.8 Å². The van der Waals surface area contributed by atoms with Crippen LogP contribution >= 0.6 is 15.9 Å². The van der Waals surface area contributed by atoms with E-state index >= 15 is 0 Å². The first-order valence-electron chi connectivity index (χ1n) is 5.54. The van der Waals surface area contributed by atoms with Gasteiger partial charge in [-0.1, -0.05) is 22.0 Å². The van der Waals surface area contributed by atoms with Crippen LogP contribution in [0.25, 0.3) is 0 Å². The largest absolute Gasteiger partial charge is 0.477 e. The molecule has 0 atom stereocenters. The Kier molecular flexibility index (Phi) is 4.27. The van der Waals surface area contributed by atoms with E-state index in [2.05, 4.69) is 20.9 Å². The highest BCUT2D eigenvalue weighted by molar-refractivity contribution is 9.10. The molecule has 0 fully saturated rings. The van der Waals surface area contributed by atoms with Crippen molar-refractivity contribution in [2.24, 2.45) is 0 Å². The molecule has 0 spiro atoms. The topological polar surface area (TPSA) is 79.3 Å². The number of rotatable bonds is 3. The number of nitrogens with zero attached hydrogens (tertiary/aromatic N) is 1. The smallest absolute Gasteiger partial charge is 0.354 e. The fourth-order valence-electron chi connectivity index (χ4n) is 1.52. The number of nitrogens with one attached hydrogen (secondary N) is 1. The zero-order chi connectivity index (χ0) is 15.6. The van der Waals surface area contributed by atoms with E-state index in [0.717, 1.165) is 12.1 Å². The lowest BCUT2D eigenvalue weighted by Crippen LogP contribution is -2.17. The van der Waals surface area contributed by atoms with Gasteiger partial charge in [-0.15, -0.1) is 0 Å². The van der Waals surface area contributed by atoms with Crippen molar-refractivity contribution in [1.29, 1.82) is 0 Å². The number of hydrogen-bond donors (Lipinski definition) is 2. The molecule has 5 nitrogen and oxygen atoms in total. The normalized spacial score (nSPS) is 10.2. The van der Waals surface area contributed by atoms with Crippen LogP contribution in [0, 0.1) is 11.6 Å². The van der Waals surface area contributed by atoms with E-state index in [9.17, 15) is 18.4 Å². The summed E-state index contributed by atoms with van der Waals surface area (Å²) in [5, 5.41) is 10.8. The zero-order valence-electron chi connectivity index (χ0n) is 10.2. The van der Waals surface area contributed by atoms with Crippen LogP contribution in [0.15, 0.2) is 34.8 Å². The van der Waals surface area contributed by atoms with Gasteiger partial charge >= 0.3 is 5.97 Å². The van der Waals surface area contributed by atoms with Gasteiger partial charge in [-0.2, -0.15) is 0 Å². The number of aromatic carboxylic acids is 1. The summed E-state index contributed by atoms with van der Waals surface area (Å²) in [6, 6.07) is 5.70. The predicted molar refractivity (Wildman–Crippen MR) is 73.2 cm³/mol. The van der Waals surface area contributed by atoms with E-state index in [1.54, 1.807) is 0 Å². The molecule has 8 heteroatoms. The average molecular weight is 357 g/mol. The molecule has 1 aromatic heterocycles. The summed E-state index contributed by atoms with van der Waals surface area (Å²) >= 11 is 2.91. The van der Waals surface area contributed by atoms with Gasteiger partial charge in [0.15, 0.2) is 11.6 Å². The molecule has 1 amide bonds. The van der Waals surface area contributed by atoms with Gasteiger partial charge < -0.3 is 10.4 Å². The van der Waals surface area contributed by atoms with E-state index in [0.29, 0.717) is 0 Å². The molecule has 0 aliphatic rings. The van der Waals surface area contributed by atoms with Gasteiger partial charge in [-0.25, -0.2) is 18.6 Å². The molecule has 2 N–H and O–H groups in total. The van der Waals surface area contributed by atoms with Crippen LogP contribution in [0.5, 0.6) is 0 Å². The second kappa shape index (κ2) is 5.96. The number of hydrogen-bond acceptors (Lipinski definition) is 3. The summed E-state index contributed by atoms with van der Waals surface area (Å²) in [5.41, 5.74) is -1.25. The summed E-state index contributed by atoms with van der Waals surface area (Å²) in [5.74, 6) is -4.17. The fraction of sp³-hybridized carbons (Fsp3) is 0. The second-order valence-corrected chi connectivity index (χ2v) is 4.83. The summed E-state index contributed by atoms with van der Waals surface area (Å²) in [4.78, 5) is 26.2. The first-order valence-corrected chi connectivity index (χ1v) is 6.34. The lowest BCUT2D eigenvalue weighted by molar-refractivity contribution is 0.0690. The molecular weight excluding hydrogens is 350 g/mol. The SMILES string of the molecule is O=C(O)c1cccc(C(=O)Nc2c(F)cc(Br)cc2F)n1. The number of amides is 1. The third-order valence-corrected chi connectivity index (χ3v) is 2.90. The summed E-state index contributed by atoms with van der Waals surface area (Å²) in [6.07, 6.45) is 0. The Bertz CT molecular complexity index is 714. The van der Waals surface area contributed by atoms with E-state index in [-0.39, 0.29) is 15.9 Å². The van der Waals surface area contributed by atoms with E-state index in [1.165, 1.54) is 18.2 Å². The standard InChI is InChI=1S/C13H7BrF2N2O3/c14-6-4-7(15)11(8(16)5-6)18-12(19)9-2-1-3-10(17-9)13(20)21/h1-5H,(H,18,19)(H,20,21). The van der Waals surface area contributed by atoms with Gasteiger partial charge in [0.05, 0.1) is 0 Å². The van der Waals surface area contributed by atoms with Crippen LogP contribution in [0.4, 0.5) is 14.5 Å². The van der Waals surface area contributed by atoms with Crippen molar-refractivity contribution in [2.45, 2.75) is 0 Å². The molecule has 0 saturated heterocycles. The number of anilines is 1. The Labute approximate surface area is 125 Å². The van der Waals surface area contributed by atoms with Gasteiger partial charge in [0.1, 0.15) is 17.1 Å². The summed E-state index contributed by atoms with van der Waals surface area (Å²) in [7, 11) is 0. The van der Waals surface area contributed by atoms with Crippen molar-refractivity contribution in [1.82, 2.24) is 4.98 Å². The summed E-state index contributed by atoms with van der Waals surface area (Å²) in [6.45, 7) is 0. The Morgan fingerprint density at radius 2 is 1.71 bits per heavy atom. The molecule has 2 rings (SSSR count). The number of carbonyl (C=O) groups excluding carboxylic acids is 1. The quantitative estimate of drug-likeness (QED) is 0.885. The molecule has 108 valence electrons. The lowest BCUT2D eigenvalue weighted by atomic mass is 10.2. The molecule has 0 aliphatic carbocycles. The van der Waals surface area contributed by atoms with Crippen LogP contribution in [0.3, 0.4) is 0 Å². The number of carbonyl (C=O) groups is 2. The number of pyridine rings is 1. The van der Waals surface area contributed by atoms with Gasteiger partial charge in [0.25, 0.3) is 5.91 Å². The molecule has 1 heterocycles. The number of carboxylic acids is 1. The molecule has 0 saturated carbocycles. The van der Waals surface area contributed by atoms with Gasteiger partial charge in [-0.3, -0.25) is 4.79 Å². The van der Waals surface area contributed by atoms with Crippen molar-refractivity contribution in [2.75, 3.05) is 5.32 Å². The zero-order valence-corrected chi connectivity index (χ0v) is 11.8. The minimum absolute atomic E-state index is 0.182. The van der Waals surface area contributed by atoms with Gasteiger partial charge in [0.2, 0.25) is 0 Å². The number of aromatic nitrogens is 1. The Balaban J connectivity index is 2.30. The van der Waals surface area contributed by atoms with Crippen molar-refractivity contribution < 1.29 is 23.5 Å². The molecule has 0 aliphatic heterocycles. The molecule has 21 heavy (non-hydrogen) atoms. The maximum absolute atomic E-state index is 13.6. The van der Waals surface area contributed by atoms with E-state index < -0.39 is 29.2 Å². The number of benzene rings is 1. The fourth-order valence-corrected chi connectivity index (χ4v) is 1.92. The minimum atomic E-state index is -1.31. The van der Waals surface area contributed by atoms with Crippen molar-refractivity contribution >= 4 is 33.5 Å². The van der Waals surface area contributed by atoms with Crippen LogP contribution < -0.4 is 5.32 Å². The Morgan fingerprint density at radius 3 is 2.29 bits per heavy atom. The molecule has 0 radical (unpaired) electrons. The third kappa shape index (κ3) is 3.40. The Hall–Kier alpha value is -2.35. The third-order valence-electron chi connectivity index (χ3n) is 2.45. The highest BCUT2D eigenvalue weighted by atomic mass is 79.9. The maximum Gasteiger partial charge on any atom is 0.354 e. The van der Waals surface area contributed by atoms with E-state index in [4.69, 9.17) is 5.11 Å². The molecular formula is C13H7BrF2N2O3. The van der Waals surface area contributed by atoms with Gasteiger partial charge in [-0.05, 0) is 24.3 Å². The van der Waals surface area contributed by atoms with Crippen LogP contribution in [-0.4, -0.2) is 22.0 Å². The van der Waals surface area contributed by atoms with Crippen molar-refractivity contribution in [3.8, 4) is 0 Å². The van der Waals surface area contributed by atoms with Crippen LogP contribution in [-0.2, 0) is 0 Å². The first-order chi connectivity index (χ1) is 9.88. The highest BCUT2D eigenvalue weighted by Gasteiger charge is 2.16. The van der Waals surface area contributed by atoms with Crippen LogP contribution in [0.2, 0.25) is 0 Å². The molecule has 0 unspecified atom stereocenters. The monoisotopic (exact) mass is 356 g/mol. The maximum atomic E-state index is 13.6. The molecule has 1 aromatic carbocycles. The van der Waals surface area contributed by atoms with Gasteiger partial charge in [0, 0.05) is 4.47 Å². The minimum Gasteiger partial charge on any atom is -0.477 e. The van der Waals surface area contributed by atoms with Crippen LogP contribution in [0.1, 0.15) is 21.0 Å². The average Bonchev–Trinajstić information content (AvgIpc) is 2.42. The van der Waals surface area contributed by atoms with Crippen molar-refractivity contribution in [3.63, 3.8) is 0 Å². The number of carboxylic acid groups (broad SMARTS) is 1. The lowest BCUT2D eigenvalue weighted by Gasteiger charge is -2.08. The number of halogens is 3. The molecule has 0 bridgehead atoms. The predicted octanol–water partition coefficient (Wildman–Crippen LogP) is 3.07.